The minimum atomic E-state index is -5.95. The van der Waals surface area contributed by atoms with Gasteiger partial charge in [0.15, 0.2) is 0 Å². The highest BCUT2D eigenvalue weighted by Crippen LogP contribution is 2.65. The van der Waals surface area contributed by atoms with E-state index < -0.39 is 29.4 Å². The van der Waals surface area contributed by atoms with Gasteiger partial charge in [0.2, 0.25) is 0 Å². The zero-order valence-corrected chi connectivity index (χ0v) is 11.8. The molecule has 21 heavy (non-hydrogen) atoms. The van der Waals surface area contributed by atoms with E-state index in [1.165, 1.54) is 0 Å². The van der Waals surface area contributed by atoms with E-state index in [2.05, 4.69) is 0 Å². The second-order valence-electron chi connectivity index (χ2n) is 6.61. The summed E-state index contributed by atoms with van der Waals surface area (Å²) in [6, 6.07) is 0. The Hall–Kier alpha value is -0.490. The van der Waals surface area contributed by atoms with Gasteiger partial charge in [0.05, 0.1) is 0 Å². The highest BCUT2D eigenvalue weighted by molar-refractivity contribution is 5.11. The molecule has 0 aromatic heterocycles. The quantitative estimate of drug-likeness (QED) is 0.534. The molecular weight excluding hydrogens is 301 g/mol. The normalized spacial score (nSPS) is 35.4. The van der Waals surface area contributed by atoms with Gasteiger partial charge in [0.25, 0.3) is 0 Å². The molecule has 0 aromatic rings. The maximum absolute atomic E-state index is 14.6. The molecule has 0 amide bonds. The summed E-state index contributed by atoms with van der Waals surface area (Å²) >= 11 is 0. The van der Waals surface area contributed by atoms with Crippen LogP contribution in [0.15, 0.2) is 0 Å². The fourth-order valence-electron chi connectivity index (χ4n) is 4.54. The third-order valence-electron chi connectivity index (χ3n) is 5.57. The molecular formula is C14H19F7. The molecule has 0 nitrogen and oxygen atoms in total. The lowest BCUT2D eigenvalue weighted by molar-refractivity contribution is -0.387. The largest absolute Gasteiger partial charge is 0.432 e. The summed E-state index contributed by atoms with van der Waals surface area (Å²) in [6.07, 6.45) is -9.22. The Labute approximate surface area is 119 Å². The molecule has 3 atom stereocenters. The van der Waals surface area contributed by atoms with E-state index in [9.17, 15) is 30.7 Å². The summed E-state index contributed by atoms with van der Waals surface area (Å²) in [5.74, 6) is -1.08. The molecule has 0 N–H and O–H groups in total. The topological polar surface area (TPSA) is 0 Å². The predicted molar refractivity (Wildman–Crippen MR) is 63.4 cm³/mol. The number of fused-ring (bicyclic) bond motifs is 1. The number of hydrogen-bond donors (Lipinski definition) is 0. The molecule has 2 aliphatic carbocycles. The number of halogens is 7. The maximum atomic E-state index is 14.6. The lowest BCUT2D eigenvalue weighted by Crippen LogP contribution is -2.67. The predicted octanol–water partition coefficient (Wildman–Crippen LogP) is 5.82. The molecule has 0 heterocycles. The van der Waals surface area contributed by atoms with Crippen LogP contribution in [0.3, 0.4) is 0 Å². The summed E-state index contributed by atoms with van der Waals surface area (Å²) < 4.78 is 93.2. The molecule has 3 unspecified atom stereocenters. The fraction of sp³-hybridized carbons (Fsp3) is 1.00. The van der Waals surface area contributed by atoms with Crippen molar-refractivity contribution in [1.29, 1.82) is 0 Å². The van der Waals surface area contributed by atoms with E-state index in [0.717, 1.165) is 13.3 Å². The Morgan fingerprint density at radius 2 is 1.24 bits per heavy atom. The van der Waals surface area contributed by atoms with Crippen LogP contribution >= 0.6 is 0 Å². The minimum Gasteiger partial charge on any atom is -0.223 e. The van der Waals surface area contributed by atoms with E-state index in [-0.39, 0.29) is 25.2 Å². The summed E-state index contributed by atoms with van der Waals surface area (Å²) in [7, 11) is 0. The van der Waals surface area contributed by atoms with Gasteiger partial charge in [-0.1, -0.05) is 39.0 Å². The Kier molecular flexibility index (Phi) is 4.03. The van der Waals surface area contributed by atoms with Gasteiger partial charge in [-0.3, -0.25) is 0 Å². The molecule has 0 saturated heterocycles. The first-order valence-electron chi connectivity index (χ1n) is 7.27. The third-order valence-corrected chi connectivity index (χ3v) is 5.57. The minimum absolute atomic E-state index is 0.218. The molecule has 2 aliphatic rings. The number of rotatable bonds is 1. The van der Waals surface area contributed by atoms with Crippen LogP contribution in [0.25, 0.3) is 0 Å². The molecule has 0 radical (unpaired) electrons. The van der Waals surface area contributed by atoms with Crippen molar-refractivity contribution in [3.63, 3.8) is 0 Å². The van der Waals surface area contributed by atoms with Crippen molar-refractivity contribution in [2.24, 2.45) is 17.3 Å². The van der Waals surface area contributed by atoms with Gasteiger partial charge in [-0.25, -0.2) is 4.39 Å². The highest BCUT2D eigenvalue weighted by Gasteiger charge is 2.81. The van der Waals surface area contributed by atoms with Crippen LogP contribution in [0.5, 0.6) is 0 Å². The van der Waals surface area contributed by atoms with Gasteiger partial charge in [-0.05, 0) is 24.7 Å². The first kappa shape index (κ1) is 16.9. The average molecular weight is 320 g/mol. The van der Waals surface area contributed by atoms with Crippen molar-refractivity contribution in [3.05, 3.63) is 0 Å². The Morgan fingerprint density at radius 1 is 0.762 bits per heavy atom. The van der Waals surface area contributed by atoms with Crippen molar-refractivity contribution in [3.8, 4) is 0 Å². The molecule has 2 rings (SSSR count). The molecule has 0 bridgehead atoms. The number of alkyl halides is 7. The first-order valence-corrected chi connectivity index (χ1v) is 7.27. The molecule has 2 saturated carbocycles. The number of hydrogen-bond acceptors (Lipinski definition) is 0. The van der Waals surface area contributed by atoms with E-state index in [1.54, 1.807) is 0 Å². The van der Waals surface area contributed by atoms with Crippen molar-refractivity contribution in [2.75, 3.05) is 0 Å². The summed E-state index contributed by atoms with van der Waals surface area (Å²) in [6.45, 7) is 0.857. The van der Waals surface area contributed by atoms with E-state index >= 15 is 0 Å². The van der Waals surface area contributed by atoms with Gasteiger partial charge in [-0.15, -0.1) is 0 Å². The smallest absolute Gasteiger partial charge is 0.223 e. The zero-order chi connectivity index (χ0) is 16.1. The van der Waals surface area contributed by atoms with Crippen LogP contribution in [0.2, 0.25) is 0 Å². The average Bonchev–Trinajstić information content (AvgIpc) is 2.35. The molecule has 0 spiro atoms. The molecule has 0 aromatic carbocycles. The third kappa shape index (κ3) is 2.34. The lowest BCUT2D eigenvalue weighted by Gasteiger charge is -2.55. The molecule has 124 valence electrons. The summed E-state index contributed by atoms with van der Waals surface area (Å²) in [4.78, 5) is 0. The van der Waals surface area contributed by atoms with Crippen molar-refractivity contribution < 1.29 is 30.7 Å². The monoisotopic (exact) mass is 320 g/mol. The van der Waals surface area contributed by atoms with Crippen LogP contribution in [0, 0.1) is 17.3 Å². The first-order chi connectivity index (χ1) is 9.45. The van der Waals surface area contributed by atoms with Gasteiger partial charge >= 0.3 is 18.0 Å². The molecule has 7 heteroatoms. The molecule has 2 fully saturated rings. The van der Waals surface area contributed by atoms with Crippen LogP contribution in [0.1, 0.15) is 51.9 Å². The van der Waals surface area contributed by atoms with E-state index in [0.29, 0.717) is 19.3 Å². The fourth-order valence-corrected chi connectivity index (χ4v) is 4.54. The van der Waals surface area contributed by atoms with Crippen LogP contribution < -0.4 is 0 Å². The van der Waals surface area contributed by atoms with Crippen LogP contribution in [-0.4, -0.2) is 18.0 Å². The van der Waals surface area contributed by atoms with Crippen molar-refractivity contribution in [2.45, 2.75) is 69.9 Å². The molecule has 0 aliphatic heterocycles. The van der Waals surface area contributed by atoms with E-state index in [1.807, 2.05) is 0 Å². The second kappa shape index (κ2) is 5.01. The van der Waals surface area contributed by atoms with Crippen molar-refractivity contribution in [1.82, 2.24) is 0 Å². The summed E-state index contributed by atoms with van der Waals surface area (Å²) in [5, 5.41) is 0. The Balaban J connectivity index is 2.51. The highest BCUT2D eigenvalue weighted by atomic mass is 19.4. The van der Waals surface area contributed by atoms with Crippen LogP contribution in [0.4, 0.5) is 30.7 Å². The lowest BCUT2D eigenvalue weighted by atomic mass is 9.52. The van der Waals surface area contributed by atoms with Gasteiger partial charge in [0.1, 0.15) is 0 Å². The van der Waals surface area contributed by atoms with Crippen molar-refractivity contribution >= 4 is 0 Å². The second-order valence-corrected chi connectivity index (χ2v) is 6.61. The standard InChI is InChI=1S/C14H19F7/c1-11(12(15,13(16,17)18)14(19,20)21)8-4-6-9-5-2-3-7-10(9)11/h9-10H,2-8H2,1H3. The maximum Gasteiger partial charge on any atom is 0.432 e. The van der Waals surface area contributed by atoms with E-state index in [4.69, 9.17) is 0 Å². The summed E-state index contributed by atoms with van der Waals surface area (Å²) in [5.41, 5.74) is -7.56. The van der Waals surface area contributed by atoms with Crippen LogP contribution in [-0.2, 0) is 0 Å². The van der Waals surface area contributed by atoms with Gasteiger partial charge < -0.3 is 0 Å². The Bertz CT molecular complexity index is 368. The SMILES string of the molecule is CC1(C(F)(C(F)(F)F)C(F)(F)F)CCCC2CCCCC21. The Morgan fingerprint density at radius 3 is 1.76 bits per heavy atom. The van der Waals surface area contributed by atoms with Gasteiger partial charge in [0, 0.05) is 5.41 Å². The van der Waals surface area contributed by atoms with Gasteiger partial charge in [-0.2, -0.15) is 26.3 Å². The zero-order valence-electron chi connectivity index (χ0n) is 11.8.